The van der Waals surface area contributed by atoms with Gasteiger partial charge in [0.15, 0.2) is 0 Å². The lowest BCUT2D eigenvalue weighted by Gasteiger charge is -2.32. The Bertz CT molecular complexity index is 762. The Labute approximate surface area is 164 Å². The average Bonchev–Trinajstić information content (AvgIpc) is 3.39. The minimum absolute atomic E-state index is 0.137. The first-order chi connectivity index (χ1) is 13.2. The maximum absolute atomic E-state index is 13.1. The monoisotopic (exact) mass is 389 g/mol. The number of halogens is 1. The Balaban J connectivity index is 1.29. The molecule has 4 nitrogen and oxygen atoms in total. The molecule has 4 rings (SSSR count). The SMILES string of the molecule is O=C(c1ccc(-c2ccc(F)cc2)s1)N1CC[NH+](CC[NH+]2CCCC2)CC1. The molecule has 1 aromatic heterocycles. The molecule has 0 aliphatic carbocycles. The molecule has 2 aliphatic rings. The van der Waals surface area contributed by atoms with Crippen molar-refractivity contribution in [2.24, 2.45) is 0 Å². The Morgan fingerprint density at radius 3 is 2.22 bits per heavy atom. The highest BCUT2D eigenvalue weighted by Gasteiger charge is 2.26. The highest BCUT2D eigenvalue weighted by Crippen LogP contribution is 2.29. The van der Waals surface area contributed by atoms with Crippen LogP contribution in [0.25, 0.3) is 10.4 Å². The number of benzene rings is 1. The minimum Gasteiger partial charge on any atom is -0.330 e. The van der Waals surface area contributed by atoms with Crippen LogP contribution in [0, 0.1) is 5.82 Å². The van der Waals surface area contributed by atoms with E-state index in [4.69, 9.17) is 0 Å². The molecule has 1 aromatic carbocycles. The van der Waals surface area contributed by atoms with Crippen LogP contribution in [0.2, 0.25) is 0 Å². The summed E-state index contributed by atoms with van der Waals surface area (Å²) in [6, 6.07) is 10.3. The third-order valence-electron chi connectivity index (χ3n) is 5.85. The summed E-state index contributed by atoms with van der Waals surface area (Å²) in [6.45, 7) is 8.96. The first-order valence-electron chi connectivity index (χ1n) is 10.0. The fourth-order valence-electron chi connectivity index (χ4n) is 4.13. The predicted octanol–water partition coefficient (Wildman–Crippen LogP) is 0.574. The number of amides is 1. The van der Waals surface area contributed by atoms with Crippen molar-refractivity contribution in [3.63, 3.8) is 0 Å². The van der Waals surface area contributed by atoms with E-state index >= 15 is 0 Å². The van der Waals surface area contributed by atoms with Gasteiger partial charge in [0.25, 0.3) is 5.91 Å². The molecule has 27 heavy (non-hydrogen) atoms. The normalized spacial score (nSPS) is 18.9. The second kappa shape index (κ2) is 8.50. The van der Waals surface area contributed by atoms with Crippen molar-refractivity contribution in [2.45, 2.75) is 12.8 Å². The number of piperazine rings is 1. The molecule has 2 aliphatic heterocycles. The number of nitrogens with zero attached hydrogens (tertiary/aromatic N) is 1. The minimum atomic E-state index is -0.238. The van der Waals surface area contributed by atoms with Crippen LogP contribution in [0.4, 0.5) is 4.39 Å². The van der Waals surface area contributed by atoms with Crippen LogP contribution in [0.1, 0.15) is 22.5 Å². The lowest BCUT2D eigenvalue weighted by molar-refractivity contribution is -0.954. The van der Waals surface area contributed by atoms with E-state index in [9.17, 15) is 9.18 Å². The molecule has 0 bridgehead atoms. The number of carbonyl (C=O) groups is 1. The van der Waals surface area contributed by atoms with Gasteiger partial charge in [-0.15, -0.1) is 11.3 Å². The van der Waals surface area contributed by atoms with E-state index in [-0.39, 0.29) is 11.7 Å². The fraction of sp³-hybridized carbons (Fsp3) is 0.476. The van der Waals surface area contributed by atoms with Gasteiger partial charge in [0.2, 0.25) is 0 Å². The van der Waals surface area contributed by atoms with Gasteiger partial charge in [0, 0.05) is 17.7 Å². The first kappa shape index (κ1) is 18.6. The van der Waals surface area contributed by atoms with Gasteiger partial charge in [-0.2, -0.15) is 0 Å². The molecule has 144 valence electrons. The van der Waals surface area contributed by atoms with Crippen LogP contribution >= 0.6 is 11.3 Å². The van der Waals surface area contributed by atoms with E-state index in [0.29, 0.717) is 0 Å². The van der Waals surface area contributed by atoms with Gasteiger partial charge in [0.1, 0.15) is 18.9 Å². The van der Waals surface area contributed by atoms with Crippen molar-refractivity contribution < 1.29 is 19.0 Å². The first-order valence-corrected chi connectivity index (χ1v) is 10.8. The topological polar surface area (TPSA) is 29.2 Å². The van der Waals surface area contributed by atoms with Crippen molar-refractivity contribution in [2.75, 3.05) is 52.4 Å². The summed E-state index contributed by atoms with van der Waals surface area (Å²) >= 11 is 1.50. The van der Waals surface area contributed by atoms with Gasteiger partial charge in [-0.1, -0.05) is 12.1 Å². The Morgan fingerprint density at radius 2 is 1.56 bits per heavy atom. The van der Waals surface area contributed by atoms with Gasteiger partial charge >= 0.3 is 0 Å². The third-order valence-corrected chi connectivity index (χ3v) is 6.97. The number of likely N-dealkylation sites (tertiary alicyclic amines) is 1. The summed E-state index contributed by atoms with van der Waals surface area (Å²) in [7, 11) is 0. The van der Waals surface area contributed by atoms with Crippen LogP contribution in [-0.4, -0.2) is 63.2 Å². The predicted molar refractivity (Wildman–Crippen MR) is 106 cm³/mol. The highest BCUT2D eigenvalue weighted by molar-refractivity contribution is 7.17. The summed E-state index contributed by atoms with van der Waals surface area (Å²) in [4.78, 5) is 20.0. The van der Waals surface area contributed by atoms with Crippen molar-refractivity contribution >= 4 is 17.2 Å². The smallest absolute Gasteiger partial charge is 0.264 e. The van der Waals surface area contributed by atoms with Crippen molar-refractivity contribution in [3.8, 4) is 10.4 Å². The molecule has 0 saturated carbocycles. The summed E-state index contributed by atoms with van der Waals surface area (Å²) < 4.78 is 13.1. The van der Waals surface area contributed by atoms with Crippen LogP contribution in [0.3, 0.4) is 0 Å². The molecular formula is C21H28FN3OS+2. The number of carbonyl (C=O) groups excluding carboxylic acids is 1. The third kappa shape index (κ3) is 4.57. The van der Waals surface area contributed by atoms with Crippen LogP contribution in [0.15, 0.2) is 36.4 Å². The number of quaternary nitrogens is 2. The second-order valence-corrected chi connectivity index (χ2v) is 8.75. The fourth-order valence-corrected chi connectivity index (χ4v) is 5.11. The van der Waals surface area contributed by atoms with Crippen LogP contribution in [-0.2, 0) is 0 Å². The van der Waals surface area contributed by atoms with Crippen LogP contribution in [0.5, 0.6) is 0 Å². The Hall–Kier alpha value is -1.76. The van der Waals surface area contributed by atoms with Gasteiger partial charge in [-0.25, -0.2) is 4.39 Å². The van der Waals surface area contributed by atoms with Gasteiger partial charge in [-0.05, 0) is 29.8 Å². The van der Waals surface area contributed by atoms with E-state index < -0.39 is 0 Å². The lowest BCUT2D eigenvalue weighted by Crippen LogP contribution is -3.21. The van der Waals surface area contributed by atoms with Crippen molar-refractivity contribution in [1.29, 1.82) is 0 Å². The molecule has 0 spiro atoms. The standard InChI is InChI=1S/C21H26FN3OS/c22-18-5-3-17(4-6-18)19-7-8-20(27-19)21(26)25-15-13-24(14-16-25)12-11-23-9-1-2-10-23/h3-8H,1-2,9-16H2/p+2. The Morgan fingerprint density at radius 1 is 0.926 bits per heavy atom. The van der Waals surface area contributed by atoms with Gasteiger partial charge in [0.05, 0.1) is 44.1 Å². The van der Waals surface area contributed by atoms with E-state index in [1.54, 1.807) is 21.9 Å². The van der Waals surface area contributed by atoms with Gasteiger partial charge < -0.3 is 14.7 Å². The molecule has 0 unspecified atom stereocenters. The Kier molecular flexibility index (Phi) is 5.86. The molecule has 6 heteroatoms. The average molecular weight is 390 g/mol. The zero-order valence-electron chi connectivity index (χ0n) is 15.7. The molecule has 2 fully saturated rings. The van der Waals surface area contributed by atoms with E-state index in [1.807, 2.05) is 17.0 Å². The van der Waals surface area contributed by atoms with Gasteiger partial charge in [-0.3, -0.25) is 4.79 Å². The maximum atomic E-state index is 13.1. The zero-order valence-corrected chi connectivity index (χ0v) is 16.5. The number of nitrogens with one attached hydrogen (secondary N) is 2. The van der Waals surface area contributed by atoms with Crippen molar-refractivity contribution in [3.05, 3.63) is 47.1 Å². The highest BCUT2D eigenvalue weighted by atomic mass is 32.1. The molecule has 0 atom stereocenters. The number of hydrogen-bond donors (Lipinski definition) is 2. The van der Waals surface area contributed by atoms with E-state index in [1.165, 1.54) is 62.5 Å². The van der Waals surface area contributed by atoms with E-state index in [0.717, 1.165) is 41.5 Å². The lowest BCUT2D eigenvalue weighted by atomic mass is 10.2. The molecule has 2 N–H and O–H groups in total. The zero-order chi connectivity index (χ0) is 18.6. The molecule has 2 saturated heterocycles. The maximum Gasteiger partial charge on any atom is 0.264 e. The van der Waals surface area contributed by atoms with Crippen molar-refractivity contribution in [1.82, 2.24) is 4.90 Å². The quantitative estimate of drug-likeness (QED) is 0.770. The van der Waals surface area contributed by atoms with E-state index in [2.05, 4.69) is 0 Å². The van der Waals surface area contributed by atoms with Crippen LogP contribution < -0.4 is 9.80 Å². The number of hydrogen-bond acceptors (Lipinski definition) is 2. The summed E-state index contributed by atoms with van der Waals surface area (Å²) in [6.07, 6.45) is 2.77. The molecule has 0 radical (unpaired) electrons. The number of rotatable bonds is 5. The molecule has 1 amide bonds. The largest absolute Gasteiger partial charge is 0.330 e. The molecule has 3 heterocycles. The number of thiophene rings is 1. The summed E-state index contributed by atoms with van der Waals surface area (Å²) in [5, 5.41) is 0. The summed E-state index contributed by atoms with van der Waals surface area (Å²) in [5.41, 5.74) is 0.958. The molecule has 2 aromatic rings. The second-order valence-electron chi connectivity index (χ2n) is 7.67. The summed E-state index contributed by atoms with van der Waals surface area (Å²) in [5.74, 6) is -0.101. The molecular weight excluding hydrogens is 361 g/mol.